The highest BCUT2D eigenvalue weighted by Crippen LogP contribution is 2.31. The highest BCUT2D eigenvalue weighted by Gasteiger charge is 2.20. The molecule has 0 amide bonds. The third-order valence-electron chi connectivity index (χ3n) is 4.22. The van der Waals surface area contributed by atoms with Crippen molar-refractivity contribution in [1.29, 1.82) is 0 Å². The van der Waals surface area contributed by atoms with Crippen molar-refractivity contribution in [2.24, 2.45) is 0 Å². The Kier molecular flexibility index (Phi) is 3.70. The summed E-state index contributed by atoms with van der Waals surface area (Å²) in [6, 6.07) is 12.3. The van der Waals surface area contributed by atoms with Gasteiger partial charge in [-0.2, -0.15) is 0 Å². The van der Waals surface area contributed by atoms with Gasteiger partial charge in [0.1, 0.15) is 12.0 Å². The summed E-state index contributed by atoms with van der Waals surface area (Å²) in [6.07, 6.45) is 6.00. The number of aromatic nitrogens is 3. The summed E-state index contributed by atoms with van der Waals surface area (Å²) in [5.74, 6) is 1.37. The van der Waals surface area contributed by atoms with Crippen LogP contribution in [0.1, 0.15) is 11.1 Å². The smallest absolute Gasteiger partial charge is 0.159 e. The first-order valence-corrected chi connectivity index (χ1v) is 7.90. The van der Waals surface area contributed by atoms with Gasteiger partial charge in [-0.05, 0) is 29.7 Å². The zero-order chi connectivity index (χ0) is 16.4. The molecule has 3 aromatic rings. The summed E-state index contributed by atoms with van der Waals surface area (Å²) in [5, 5.41) is 3.21. The van der Waals surface area contributed by atoms with E-state index in [1.807, 2.05) is 12.1 Å². The standard InChI is InChI=1S/C18H18N6/c19-16-17(23-15-6-3-8-20-10-15)21-12-22-18(16)24-9-7-13-4-1-2-5-14(13)11-24/h1-6,8,10,12H,7,9,11,19H2,(H,21,22,23). The lowest BCUT2D eigenvalue weighted by molar-refractivity contribution is 0.721. The molecule has 0 atom stereocenters. The van der Waals surface area contributed by atoms with Crippen molar-refractivity contribution >= 4 is 23.0 Å². The van der Waals surface area contributed by atoms with Crippen LogP contribution in [0.2, 0.25) is 0 Å². The van der Waals surface area contributed by atoms with Crippen LogP contribution in [0.5, 0.6) is 0 Å². The Morgan fingerprint density at radius 1 is 1.04 bits per heavy atom. The van der Waals surface area contributed by atoms with Gasteiger partial charge in [0.15, 0.2) is 11.6 Å². The monoisotopic (exact) mass is 318 g/mol. The molecule has 1 aromatic carbocycles. The summed E-state index contributed by atoms with van der Waals surface area (Å²) >= 11 is 0. The zero-order valence-corrected chi connectivity index (χ0v) is 13.2. The van der Waals surface area contributed by atoms with Crippen molar-refractivity contribution in [3.63, 3.8) is 0 Å². The van der Waals surface area contributed by atoms with E-state index in [2.05, 4.69) is 49.4 Å². The van der Waals surface area contributed by atoms with Crippen LogP contribution in [-0.4, -0.2) is 21.5 Å². The third-order valence-corrected chi connectivity index (χ3v) is 4.22. The summed E-state index contributed by atoms with van der Waals surface area (Å²) in [6.45, 7) is 1.70. The highest BCUT2D eigenvalue weighted by atomic mass is 15.2. The number of pyridine rings is 1. The van der Waals surface area contributed by atoms with Crippen molar-refractivity contribution < 1.29 is 0 Å². The zero-order valence-electron chi connectivity index (χ0n) is 13.2. The molecule has 1 aliphatic heterocycles. The maximum absolute atomic E-state index is 6.33. The molecule has 4 rings (SSSR count). The number of hydrogen-bond acceptors (Lipinski definition) is 6. The lowest BCUT2D eigenvalue weighted by atomic mass is 10.00. The molecule has 0 saturated carbocycles. The van der Waals surface area contributed by atoms with E-state index in [-0.39, 0.29) is 0 Å². The number of anilines is 4. The maximum atomic E-state index is 6.33. The first-order chi connectivity index (χ1) is 11.8. The Morgan fingerprint density at radius 2 is 1.92 bits per heavy atom. The Balaban J connectivity index is 1.62. The number of fused-ring (bicyclic) bond motifs is 1. The molecule has 2 aromatic heterocycles. The molecule has 24 heavy (non-hydrogen) atoms. The fourth-order valence-corrected chi connectivity index (χ4v) is 2.99. The van der Waals surface area contributed by atoms with Gasteiger partial charge in [0.05, 0.1) is 11.9 Å². The van der Waals surface area contributed by atoms with Crippen LogP contribution in [0.3, 0.4) is 0 Å². The van der Waals surface area contributed by atoms with Gasteiger partial charge >= 0.3 is 0 Å². The van der Waals surface area contributed by atoms with E-state index in [4.69, 9.17) is 5.73 Å². The summed E-state index contributed by atoms with van der Waals surface area (Å²) in [7, 11) is 0. The molecule has 0 bridgehead atoms. The van der Waals surface area contributed by atoms with Crippen molar-refractivity contribution in [3.05, 3.63) is 66.2 Å². The Bertz CT molecular complexity index is 849. The number of nitrogens with two attached hydrogens (primary N) is 1. The lowest BCUT2D eigenvalue weighted by Gasteiger charge is -2.30. The molecule has 0 spiro atoms. The number of nitrogens with one attached hydrogen (secondary N) is 1. The van der Waals surface area contributed by atoms with Gasteiger partial charge in [-0.1, -0.05) is 24.3 Å². The largest absolute Gasteiger partial charge is 0.393 e. The van der Waals surface area contributed by atoms with Gasteiger partial charge in [0.2, 0.25) is 0 Å². The van der Waals surface area contributed by atoms with Crippen molar-refractivity contribution in [3.8, 4) is 0 Å². The van der Waals surface area contributed by atoms with Crippen LogP contribution in [0.25, 0.3) is 0 Å². The molecule has 0 aliphatic carbocycles. The molecular weight excluding hydrogens is 300 g/mol. The molecule has 120 valence electrons. The van der Waals surface area contributed by atoms with Crippen LogP contribution in [0, 0.1) is 0 Å². The van der Waals surface area contributed by atoms with E-state index >= 15 is 0 Å². The maximum Gasteiger partial charge on any atom is 0.159 e. The third kappa shape index (κ3) is 2.74. The van der Waals surface area contributed by atoms with E-state index in [0.717, 1.165) is 31.0 Å². The average molecular weight is 318 g/mol. The second-order valence-corrected chi connectivity index (χ2v) is 5.77. The van der Waals surface area contributed by atoms with E-state index in [1.54, 1.807) is 18.7 Å². The van der Waals surface area contributed by atoms with Gasteiger partial charge in [0.25, 0.3) is 0 Å². The molecule has 0 unspecified atom stereocenters. The average Bonchev–Trinajstić information content (AvgIpc) is 2.64. The van der Waals surface area contributed by atoms with Crippen molar-refractivity contribution in [2.75, 3.05) is 22.5 Å². The van der Waals surface area contributed by atoms with Gasteiger partial charge in [0, 0.05) is 19.3 Å². The van der Waals surface area contributed by atoms with Crippen LogP contribution >= 0.6 is 0 Å². The van der Waals surface area contributed by atoms with Gasteiger partial charge in [-0.25, -0.2) is 9.97 Å². The second-order valence-electron chi connectivity index (χ2n) is 5.77. The SMILES string of the molecule is Nc1c(Nc2cccnc2)ncnc1N1CCc2ccccc2C1. The Morgan fingerprint density at radius 3 is 2.75 bits per heavy atom. The molecule has 6 heteroatoms. The van der Waals surface area contributed by atoms with E-state index in [0.29, 0.717) is 11.5 Å². The minimum absolute atomic E-state index is 0.556. The molecule has 0 radical (unpaired) electrons. The quantitative estimate of drug-likeness (QED) is 0.773. The summed E-state index contributed by atoms with van der Waals surface area (Å²) < 4.78 is 0. The molecule has 3 N–H and O–H groups in total. The molecule has 1 aliphatic rings. The van der Waals surface area contributed by atoms with Crippen LogP contribution in [-0.2, 0) is 13.0 Å². The fraction of sp³-hybridized carbons (Fsp3) is 0.167. The number of rotatable bonds is 3. The van der Waals surface area contributed by atoms with Gasteiger partial charge in [-0.15, -0.1) is 0 Å². The predicted molar refractivity (Wildman–Crippen MR) is 95.2 cm³/mol. The van der Waals surface area contributed by atoms with Gasteiger partial charge in [-0.3, -0.25) is 4.98 Å². The highest BCUT2D eigenvalue weighted by molar-refractivity contribution is 5.78. The topological polar surface area (TPSA) is 80.0 Å². The fourth-order valence-electron chi connectivity index (χ4n) is 2.99. The predicted octanol–water partition coefficient (Wildman–Crippen LogP) is 2.76. The first kappa shape index (κ1) is 14.4. The van der Waals surface area contributed by atoms with Crippen molar-refractivity contribution in [1.82, 2.24) is 15.0 Å². The first-order valence-electron chi connectivity index (χ1n) is 7.90. The van der Waals surface area contributed by atoms with E-state index in [1.165, 1.54) is 11.1 Å². The van der Waals surface area contributed by atoms with E-state index < -0.39 is 0 Å². The number of benzene rings is 1. The minimum Gasteiger partial charge on any atom is -0.393 e. The molecule has 3 heterocycles. The molecule has 6 nitrogen and oxygen atoms in total. The number of nitrogens with zero attached hydrogens (tertiary/aromatic N) is 4. The molecule has 0 fully saturated rings. The molecular formula is C18H18N6. The number of nitrogen functional groups attached to an aromatic ring is 1. The summed E-state index contributed by atoms with van der Waals surface area (Å²) in [5.41, 5.74) is 10.5. The number of hydrogen-bond donors (Lipinski definition) is 2. The normalized spacial score (nSPS) is 13.4. The van der Waals surface area contributed by atoms with E-state index in [9.17, 15) is 0 Å². The Labute approximate surface area is 140 Å². The summed E-state index contributed by atoms with van der Waals surface area (Å²) in [4.78, 5) is 15.0. The minimum atomic E-state index is 0.556. The Hall–Kier alpha value is -3.15. The molecule has 0 saturated heterocycles. The van der Waals surface area contributed by atoms with Crippen LogP contribution < -0.4 is 16.0 Å². The lowest BCUT2D eigenvalue weighted by Crippen LogP contribution is -2.31. The van der Waals surface area contributed by atoms with Crippen molar-refractivity contribution in [2.45, 2.75) is 13.0 Å². The van der Waals surface area contributed by atoms with Crippen LogP contribution in [0.15, 0.2) is 55.1 Å². The van der Waals surface area contributed by atoms with Gasteiger partial charge < -0.3 is 16.0 Å². The van der Waals surface area contributed by atoms with Crippen LogP contribution in [0.4, 0.5) is 23.0 Å². The second kappa shape index (κ2) is 6.16.